The Bertz CT molecular complexity index is 146. The van der Waals surface area contributed by atoms with Gasteiger partial charge in [-0.15, -0.1) is 6.42 Å². The van der Waals surface area contributed by atoms with E-state index < -0.39 is 0 Å². The van der Waals surface area contributed by atoms with Gasteiger partial charge in [-0.3, -0.25) is 4.79 Å². The standard InChI is InChI=1S/C7H11NO2/c1-3-4-10-7(9)5-6(2)8/h1,6H,4-5,8H2,2H3/t6-/m0/s1. The Morgan fingerprint density at radius 1 is 1.90 bits per heavy atom. The van der Waals surface area contributed by atoms with E-state index >= 15 is 0 Å². The number of nitrogens with two attached hydrogens (primary N) is 1. The van der Waals surface area contributed by atoms with E-state index in [1.165, 1.54) is 0 Å². The molecular weight excluding hydrogens is 130 g/mol. The van der Waals surface area contributed by atoms with Crippen LogP contribution in [0.15, 0.2) is 0 Å². The van der Waals surface area contributed by atoms with Crippen molar-refractivity contribution in [2.75, 3.05) is 6.61 Å². The third-order valence-corrected chi connectivity index (χ3v) is 0.805. The van der Waals surface area contributed by atoms with Crippen molar-refractivity contribution in [3.8, 4) is 12.3 Å². The van der Waals surface area contributed by atoms with E-state index in [0.29, 0.717) is 0 Å². The van der Waals surface area contributed by atoms with E-state index in [1.807, 2.05) is 0 Å². The van der Waals surface area contributed by atoms with Crippen molar-refractivity contribution >= 4 is 5.97 Å². The minimum atomic E-state index is -0.340. The molecule has 0 aliphatic heterocycles. The van der Waals surface area contributed by atoms with Crippen LogP contribution >= 0.6 is 0 Å². The van der Waals surface area contributed by atoms with Crippen LogP contribution in [0.3, 0.4) is 0 Å². The summed E-state index contributed by atoms with van der Waals surface area (Å²) in [5.41, 5.74) is 5.31. The van der Waals surface area contributed by atoms with Crippen LogP contribution in [0.2, 0.25) is 0 Å². The van der Waals surface area contributed by atoms with Gasteiger partial charge in [0.25, 0.3) is 0 Å². The van der Waals surface area contributed by atoms with Crippen molar-refractivity contribution < 1.29 is 9.53 Å². The highest BCUT2D eigenvalue weighted by Crippen LogP contribution is 1.89. The molecule has 0 unspecified atom stereocenters. The molecule has 0 saturated heterocycles. The van der Waals surface area contributed by atoms with E-state index in [-0.39, 0.29) is 25.0 Å². The predicted octanol–water partition coefficient (Wildman–Crippen LogP) is -0.0999. The van der Waals surface area contributed by atoms with Gasteiger partial charge in [-0.1, -0.05) is 5.92 Å². The van der Waals surface area contributed by atoms with E-state index in [9.17, 15) is 4.79 Å². The average molecular weight is 141 g/mol. The number of carbonyl (C=O) groups excluding carboxylic acids is 1. The molecule has 0 bridgehead atoms. The maximum atomic E-state index is 10.6. The first-order valence-electron chi connectivity index (χ1n) is 3.01. The van der Waals surface area contributed by atoms with Gasteiger partial charge in [-0.05, 0) is 6.92 Å². The SMILES string of the molecule is C#CCOC(=O)C[C@H](C)N. The highest BCUT2D eigenvalue weighted by atomic mass is 16.5. The van der Waals surface area contributed by atoms with E-state index in [1.54, 1.807) is 6.92 Å². The number of esters is 1. The zero-order valence-corrected chi connectivity index (χ0v) is 5.96. The fourth-order valence-corrected chi connectivity index (χ4v) is 0.444. The van der Waals surface area contributed by atoms with Crippen LogP contribution in [0.5, 0.6) is 0 Å². The molecule has 0 aliphatic carbocycles. The Morgan fingerprint density at radius 2 is 2.50 bits per heavy atom. The minimum absolute atomic E-state index is 0.0333. The van der Waals surface area contributed by atoms with Gasteiger partial charge < -0.3 is 10.5 Å². The molecular formula is C7H11NO2. The van der Waals surface area contributed by atoms with Crippen molar-refractivity contribution in [3.63, 3.8) is 0 Å². The summed E-state index contributed by atoms with van der Waals surface area (Å²) < 4.78 is 4.55. The highest BCUT2D eigenvalue weighted by molar-refractivity contribution is 5.70. The Kier molecular flexibility index (Phi) is 4.34. The van der Waals surface area contributed by atoms with Crippen LogP contribution in [0.25, 0.3) is 0 Å². The number of hydrogen-bond acceptors (Lipinski definition) is 3. The molecule has 0 radical (unpaired) electrons. The largest absolute Gasteiger partial charge is 0.452 e. The lowest BCUT2D eigenvalue weighted by Gasteiger charge is -2.02. The van der Waals surface area contributed by atoms with Gasteiger partial charge in [0.2, 0.25) is 0 Å². The van der Waals surface area contributed by atoms with Crippen molar-refractivity contribution in [1.82, 2.24) is 0 Å². The second-order valence-electron chi connectivity index (χ2n) is 2.05. The summed E-state index contributed by atoms with van der Waals surface area (Å²) in [6.07, 6.45) is 5.07. The molecule has 0 heterocycles. The number of hydrogen-bond donors (Lipinski definition) is 1. The Hall–Kier alpha value is -1.01. The molecule has 0 aliphatic rings. The molecule has 0 aromatic heterocycles. The molecule has 0 saturated carbocycles. The lowest BCUT2D eigenvalue weighted by molar-refractivity contribution is -0.142. The summed E-state index contributed by atoms with van der Waals surface area (Å²) >= 11 is 0. The first-order chi connectivity index (χ1) is 4.66. The van der Waals surface area contributed by atoms with Gasteiger partial charge in [0.05, 0.1) is 6.42 Å². The molecule has 10 heavy (non-hydrogen) atoms. The van der Waals surface area contributed by atoms with Crippen molar-refractivity contribution in [2.45, 2.75) is 19.4 Å². The van der Waals surface area contributed by atoms with Crippen LogP contribution in [-0.4, -0.2) is 18.6 Å². The topological polar surface area (TPSA) is 52.3 Å². The first-order valence-corrected chi connectivity index (χ1v) is 3.01. The predicted molar refractivity (Wildman–Crippen MR) is 38.1 cm³/mol. The maximum Gasteiger partial charge on any atom is 0.308 e. The third-order valence-electron chi connectivity index (χ3n) is 0.805. The van der Waals surface area contributed by atoms with E-state index in [2.05, 4.69) is 10.7 Å². The fraction of sp³-hybridized carbons (Fsp3) is 0.571. The summed E-state index contributed by atoms with van der Waals surface area (Å²) in [4.78, 5) is 10.6. The van der Waals surface area contributed by atoms with Crippen LogP contribution in [0, 0.1) is 12.3 Å². The molecule has 0 aromatic carbocycles. The van der Waals surface area contributed by atoms with Gasteiger partial charge in [0.15, 0.2) is 6.61 Å². The summed E-state index contributed by atoms with van der Waals surface area (Å²) in [7, 11) is 0. The smallest absolute Gasteiger partial charge is 0.308 e. The summed E-state index contributed by atoms with van der Waals surface area (Å²) in [6, 6.07) is -0.162. The Balaban J connectivity index is 3.37. The van der Waals surface area contributed by atoms with Crippen LogP contribution in [0.1, 0.15) is 13.3 Å². The average Bonchev–Trinajstić information content (AvgIpc) is 1.82. The monoisotopic (exact) mass is 141 g/mol. The zero-order valence-electron chi connectivity index (χ0n) is 5.96. The number of terminal acetylenes is 1. The second kappa shape index (κ2) is 4.83. The van der Waals surface area contributed by atoms with Gasteiger partial charge in [-0.25, -0.2) is 0 Å². The van der Waals surface area contributed by atoms with Gasteiger partial charge in [0.1, 0.15) is 0 Å². The van der Waals surface area contributed by atoms with Crippen LogP contribution in [0.4, 0.5) is 0 Å². The van der Waals surface area contributed by atoms with Crippen molar-refractivity contribution in [2.24, 2.45) is 5.73 Å². The third kappa shape index (κ3) is 5.13. The van der Waals surface area contributed by atoms with Crippen molar-refractivity contribution in [1.29, 1.82) is 0 Å². The van der Waals surface area contributed by atoms with E-state index in [0.717, 1.165) is 0 Å². The lowest BCUT2D eigenvalue weighted by Crippen LogP contribution is -2.21. The van der Waals surface area contributed by atoms with Crippen LogP contribution in [-0.2, 0) is 9.53 Å². The number of ether oxygens (including phenoxy) is 1. The molecule has 0 rings (SSSR count). The molecule has 0 spiro atoms. The maximum absolute atomic E-state index is 10.6. The zero-order chi connectivity index (χ0) is 7.98. The minimum Gasteiger partial charge on any atom is -0.452 e. The fourth-order valence-electron chi connectivity index (χ4n) is 0.444. The normalized spacial score (nSPS) is 11.7. The second-order valence-corrected chi connectivity index (χ2v) is 2.05. The Labute approximate surface area is 60.5 Å². The van der Waals surface area contributed by atoms with Crippen molar-refractivity contribution in [3.05, 3.63) is 0 Å². The number of rotatable bonds is 3. The molecule has 0 amide bonds. The summed E-state index contributed by atoms with van der Waals surface area (Å²) in [5, 5.41) is 0. The molecule has 2 N–H and O–H groups in total. The molecule has 0 fully saturated rings. The molecule has 0 aromatic rings. The Morgan fingerprint density at radius 3 is 2.90 bits per heavy atom. The number of carbonyl (C=O) groups is 1. The van der Waals surface area contributed by atoms with Crippen LogP contribution < -0.4 is 5.73 Å². The quantitative estimate of drug-likeness (QED) is 0.441. The highest BCUT2D eigenvalue weighted by Gasteiger charge is 2.03. The van der Waals surface area contributed by atoms with Gasteiger partial charge >= 0.3 is 5.97 Å². The molecule has 1 atom stereocenters. The summed E-state index contributed by atoms with van der Waals surface area (Å²) in [6.45, 7) is 1.77. The summed E-state index contributed by atoms with van der Waals surface area (Å²) in [5.74, 6) is 1.85. The molecule has 3 nitrogen and oxygen atoms in total. The first kappa shape index (κ1) is 8.99. The van der Waals surface area contributed by atoms with E-state index in [4.69, 9.17) is 12.2 Å². The van der Waals surface area contributed by atoms with Gasteiger partial charge in [-0.2, -0.15) is 0 Å². The van der Waals surface area contributed by atoms with Gasteiger partial charge in [0, 0.05) is 6.04 Å². The molecule has 56 valence electrons. The lowest BCUT2D eigenvalue weighted by atomic mass is 10.3. The molecule has 3 heteroatoms.